The molecule has 0 aliphatic carbocycles. The number of carbonyl (C=O) groups is 6. The molecular weight excluding hydrogens is 990 g/mol. The number of carboxylic acid groups (broad SMARTS) is 6. The Bertz CT molecular complexity index is 1740. The molecule has 0 amide bonds. The number of carboxylic acids is 6. The summed E-state index contributed by atoms with van der Waals surface area (Å²) in [5.74, 6) is -5.27. The van der Waals surface area contributed by atoms with Crippen LogP contribution in [-0.2, 0) is 56.7 Å². The Balaban J connectivity index is -0.0000000963. The van der Waals surface area contributed by atoms with Gasteiger partial charge >= 0.3 is 35.8 Å². The predicted molar refractivity (Wildman–Crippen MR) is 222 cm³/mol. The van der Waals surface area contributed by atoms with Gasteiger partial charge in [0.05, 0.1) is 38.5 Å². The van der Waals surface area contributed by atoms with Gasteiger partial charge in [0, 0.05) is 51.2 Å². The molecule has 0 spiro atoms. The quantitative estimate of drug-likeness (QED) is 0.0684. The van der Waals surface area contributed by atoms with Crippen LogP contribution in [-0.4, -0.2) is 88.0 Å². The molecule has 12 N–H and O–H groups in total. The second-order valence-electron chi connectivity index (χ2n) is 10.3. The molecule has 6 rings (SSSR count). The van der Waals surface area contributed by atoms with E-state index in [1.807, 2.05) is 0 Å². The molecule has 0 aliphatic heterocycles. The van der Waals surface area contributed by atoms with Crippen molar-refractivity contribution in [3.05, 3.63) is 231 Å². The third-order valence-corrected chi connectivity index (χ3v) is 6.12. The van der Waals surface area contributed by atoms with Crippen LogP contribution in [0, 0.1) is 15.3 Å². The minimum atomic E-state index is -1.75. The van der Waals surface area contributed by atoms with Gasteiger partial charge in [0.2, 0.25) is 0 Å². The maximum absolute atomic E-state index is 10.2. The minimum absolute atomic E-state index is 0. The van der Waals surface area contributed by atoms with Crippen molar-refractivity contribution in [2.24, 2.45) is 0 Å². The van der Waals surface area contributed by atoms with Gasteiger partial charge in [0.25, 0.3) is 0 Å². The van der Waals surface area contributed by atoms with Crippen molar-refractivity contribution >= 4 is 35.8 Å². The summed E-state index contributed by atoms with van der Waals surface area (Å²) in [5, 5.41) is 65.1. The summed E-state index contributed by atoms with van der Waals surface area (Å²) in [6.07, 6.45) is 0. The van der Waals surface area contributed by atoms with E-state index in [2.05, 4.69) is 0 Å². The molecule has 356 valence electrons. The van der Waals surface area contributed by atoms with E-state index in [0.717, 1.165) is 0 Å². The molecule has 20 nitrogen and oxygen atoms in total. The van der Waals surface area contributed by atoms with E-state index in [1.165, 1.54) is 0 Å². The SMILES string of the molecule is O.O.O.O=C(O)c1ccccc1.O=C(O)c1ccccc1.O=C(O)c1ccccc1.O=C(O)c1ccccc1.O=C(O)c1ccccc1.O=C(O)c1ccccc1.O=[N+]([O-])[O-].[Fe].[Fe].[Fe].[O-2]. The number of benzene rings is 6. The van der Waals surface area contributed by atoms with Crippen molar-refractivity contribution in [2.75, 3.05) is 0 Å². The topological polar surface area (TPSA) is 413 Å². The van der Waals surface area contributed by atoms with Gasteiger partial charge in [-0.05, 0) is 72.8 Å². The van der Waals surface area contributed by atoms with Crippen LogP contribution >= 0.6 is 0 Å². The predicted octanol–water partition coefficient (Wildman–Crippen LogP) is 5.47. The van der Waals surface area contributed by atoms with Gasteiger partial charge in [0.1, 0.15) is 0 Å². The van der Waals surface area contributed by atoms with E-state index < -0.39 is 40.9 Å². The first-order chi connectivity index (χ1) is 27.6. The zero-order valence-electron chi connectivity index (χ0n) is 33.1. The van der Waals surface area contributed by atoms with Gasteiger partial charge in [-0.25, -0.2) is 28.8 Å². The van der Waals surface area contributed by atoms with Crippen molar-refractivity contribution in [1.82, 2.24) is 0 Å². The first-order valence-electron chi connectivity index (χ1n) is 16.1. The number of aromatic carboxylic acids is 6. The molecule has 65 heavy (non-hydrogen) atoms. The maximum atomic E-state index is 10.2. The molecule has 0 unspecified atom stereocenters. The first kappa shape index (κ1) is 75.1. The molecule has 0 atom stereocenters. The van der Waals surface area contributed by atoms with E-state index in [-0.39, 0.29) is 73.1 Å². The van der Waals surface area contributed by atoms with Gasteiger partial charge in [-0.3, -0.25) is 0 Å². The van der Waals surface area contributed by atoms with Crippen LogP contribution < -0.4 is 0 Å². The van der Waals surface area contributed by atoms with Gasteiger partial charge < -0.3 is 67.9 Å². The van der Waals surface area contributed by atoms with Crippen LogP contribution in [0.2, 0.25) is 0 Å². The molecule has 0 radical (unpaired) electrons. The van der Waals surface area contributed by atoms with Crippen LogP contribution in [0.3, 0.4) is 0 Å². The van der Waals surface area contributed by atoms with Crippen LogP contribution in [0.4, 0.5) is 0 Å². The Labute approximate surface area is 402 Å². The number of hydrogen-bond donors (Lipinski definition) is 6. The fourth-order valence-corrected chi connectivity index (χ4v) is 3.48. The van der Waals surface area contributed by atoms with Crippen LogP contribution in [0.5, 0.6) is 0 Å². The van der Waals surface area contributed by atoms with E-state index in [9.17, 15) is 28.8 Å². The standard InChI is InChI=1S/6C7H6O2.3Fe.NO3.3H2O.O/c6*8-7(9)6-4-2-1-3-5-6;;;;2-1(3)4;;;;/h6*1-5H,(H,8,9);;;;;3*1H2;/q;;;;;;;;;-1;;;;-2. The third kappa shape index (κ3) is 40.6. The molecule has 6 aromatic rings. The second kappa shape index (κ2) is 46.2. The van der Waals surface area contributed by atoms with Gasteiger partial charge in [-0.15, -0.1) is 0 Å². The smallest absolute Gasteiger partial charge is 0.335 e. The number of rotatable bonds is 6. The van der Waals surface area contributed by atoms with Gasteiger partial charge in [0.15, 0.2) is 0 Å². The zero-order valence-corrected chi connectivity index (χ0v) is 36.4. The summed E-state index contributed by atoms with van der Waals surface area (Å²) in [6.45, 7) is 0. The monoisotopic (exact) mass is 1030 g/mol. The Morgan fingerprint density at radius 3 is 0.415 bits per heavy atom. The van der Waals surface area contributed by atoms with E-state index in [0.29, 0.717) is 33.4 Å². The third-order valence-electron chi connectivity index (χ3n) is 6.12. The van der Waals surface area contributed by atoms with Crippen LogP contribution in [0.15, 0.2) is 182 Å². The Kier molecular flexibility index (Phi) is 53.5. The van der Waals surface area contributed by atoms with Crippen molar-refractivity contribution < 1.29 is 138 Å². The van der Waals surface area contributed by atoms with Crippen molar-refractivity contribution in [3.63, 3.8) is 0 Å². The Morgan fingerprint density at radius 1 is 0.292 bits per heavy atom. The average molecular weight is 1030 g/mol. The number of hydrogen-bond acceptors (Lipinski definition) is 9. The molecule has 0 aliphatic rings. The van der Waals surface area contributed by atoms with Crippen LogP contribution in [0.25, 0.3) is 0 Å². The largest absolute Gasteiger partial charge is 2.00 e. The molecule has 0 bridgehead atoms. The molecule has 23 heteroatoms. The Morgan fingerprint density at radius 2 is 0.369 bits per heavy atom. The van der Waals surface area contributed by atoms with E-state index in [1.54, 1.807) is 182 Å². The van der Waals surface area contributed by atoms with Crippen LogP contribution in [0.1, 0.15) is 62.1 Å². The van der Waals surface area contributed by atoms with E-state index >= 15 is 0 Å². The Hall–Kier alpha value is -7.26. The summed E-state index contributed by atoms with van der Waals surface area (Å²) in [6, 6.07) is 49.8. The summed E-state index contributed by atoms with van der Waals surface area (Å²) in [7, 11) is 0. The normalized spacial score (nSPS) is 7.75. The summed E-state index contributed by atoms with van der Waals surface area (Å²) < 4.78 is 0. The minimum Gasteiger partial charge on any atom is -2.00 e. The molecular formula is C42H42Fe3NO19-3. The fraction of sp³-hybridized carbons (Fsp3) is 0. The van der Waals surface area contributed by atoms with Gasteiger partial charge in [-0.1, -0.05) is 109 Å². The van der Waals surface area contributed by atoms with Crippen molar-refractivity contribution in [2.45, 2.75) is 0 Å². The summed E-state index contributed by atoms with van der Waals surface area (Å²) >= 11 is 0. The van der Waals surface area contributed by atoms with Crippen molar-refractivity contribution in [3.8, 4) is 0 Å². The molecule has 0 saturated carbocycles. The number of nitrogens with zero attached hydrogens (tertiary/aromatic N) is 1. The molecule has 0 heterocycles. The molecule has 0 fully saturated rings. The second-order valence-corrected chi connectivity index (χ2v) is 10.3. The average Bonchev–Trinajstić information content (AvgIpc) is 3.23. The summed E-state index contributed by atoms with van der Waals surface area (Å²) in [5.41, 5.74) is 1.99. The molecule has 6 aromatic carbocycles. The van der Waals surface area contributed by atoms with E-state index in [4.69, 9.17) is 46.0 Å². The molecule has 0 saturated heterocycles. The fourth-order valence-electron chi connectivity index (χ4n) is 3.48. The summed E-state index contributed by atoms with van der Waals surface area (Å²) in [4.78, 5) is 69.5. The maximum Gasteiger partial charge on any atom is 0.335 e. The van der Waals surface area contributed by atoms with Gasteiger partial charge in [-0.2, -0.15) is 0 Å². The van der Waals surface area contributed by atoms with Crippen molar-refractivity contribution in [1.29, 1.82) is 0 Å². The zero-order chi connectivity index (χ0) is 43.7. The first-order valence-corrected chi connectivity index (χ1v) is 16.1. The molecule has 0 aromatic heterocycles.